The molecular weight excluding hydrogens is 262 g/mol. The molecule has 1 aromatic rings. The first-order chi connectivity index (χ1) is 9.74. The highest BCUT2D eigenvalue weighted by molar-refractivity contribution is 5.78. The third-order valence-electron chi connectivity index (χ3n) is 3.27. The number of aldehydes is 1. The van der Waals surface area contributed by atoms with Crippen molar-refractivity contribution in [3.63, 3.8) is 0 Å². The topological polar surface area (TPSA) is 74.7 Å². The van der Waals surface area contributed by atoms with E-state index >= 15 is 0 Å². The van der Waals surface area contributed by atoms with E-state index in [9.17, 15) is 9.59 Å². The molecule has 1 aromatic heterocycles. The van der Waals surface area contributed by atoms with Gasteiger partial charge in [-0.1, -0.05) is 0 Å². The van der Waals surface area contributed by atoms with Crippen LogP contribution >= 0.6 is 0 Å². The first-order valence-electron chi connectivity index (χ1n) is 6.46. The Labute approximate surface area is 117 Å². The first-order valence-corrected chi connectivity index (χ1v) is 6.46. The van der Waals surface area contributed by atoms with Crippen molar-refractivity contribution in [2.75, 3.05) is 20.3 Å². The molecule has 1 aliphatic rings. The van der Waals surface area contributed by atoms with E-state index in [1.54, 1.807) is 6.07 Å². The number of aromatic nitrogens is 1. The fourth-order valence-corrected chi connectivity index (χ4v) is 2.04. The Hall–Kier alpha value is -1.95. The third kappa shape index (κ3) is 3.54. The molecule has 0 radical (unpaired) electrons. The van der Waals surface area contributed by atoms with Crippen LogP contribution in [0.25, 0.3) is 0 Å². The minimum absolute atomic E-state index is 0.0362. The fourth-order valence-electron chi connectivity index (χ4n) is 2.04. The van der Waals surface area contributed by atoms with Crippen LogP contribution in [0.5, 0.6) is 5.75 Å². The lowest BCUT2D eigenvalue weighted by Crippen LogP contribution is -2.37. The Morgan fingerprint density at radius 3 is 2.95 bits per heavy atom. The zero-order chi connectivity index (χ0) is 14.4. The van der Waals surface area contributed by atoms with E-state index in [0.29, 0.717) is 37.4 Å². The van der Waals surface area contributed by atoms with Crippen LogP contribution < -0.4 is 4.74 Å². The van der Waals surface area contributed by atoms with Crippen LogP contribution in [-0.2, 0) is 14.3 Å². The van der Waals surface area contributed by atoms with Crippen LogP contribution in [0.15, 0.2) is 18.5 Å². The molecule has 1 saturated carbocycles. The predicted octanol–water partition coefficient (Wildman–Crippen LogP) is 1.24. The highest BCUT2D eigenvalue weighted by atomic mass is 16.5. The Kier molecular flexibility index (Phi) is 5.06. The van der Waals surface area contributed by atoms with Crippen molar-refractivity contribution >= 4 is 12.3 Å². The SMILES string of the molecule is COC(=O)C1CC(OCCOc2cnccc2C=O)C1. The Morgan fingerprint density at radius 2 is 2.25 bits per heavy atom. The number of carbonyl (C=O) groups is 2. The van der Waals surface area contributed by atoms with Gasteiger partial charge in [0.25, 0.3) is 0 Å². The van der Waals surface area contributed by atoms with Crippen molar-refractivity contribution in [3.05, 3.63) is 24.0 Å². The van der Waals surface area contributed by atoms with Gasteiger partial charge in [-0.3, -0.25) is 14.6 Å². The largest absolute Gasteiger partial charge is 0.489 e. The zero-order valence-corrected chi connectivity index (χ0v) is 11.3. The highest BCUT2D eigenvalue weighted by Crippen LogP contribution is 2.30. The second kappa shape index (κ2) is 7.00. The summed E-state index contributed by atoms with van der Waals surface area (Å²) in [6, 6.07) is 1.59. The highest BCUT2D eigenvalue weighted by Gasteiger charge is 2.35. The van der Waals surface area contributed by atoms with Crippen molar-refractivity contribution in [1.29, 1.82) is 0 Å². The van der Waals surface area contributed by atoms with Gasteiger partial charge in [-0.25, -0.2) is 0 Å². The van der Waals surface area contributed by atoms with Gasteiger partial charge >= 0.3 is 5.97 Å². The van der Waals surface area contributed by atoms with Gasteiger partial charge in [0.05, 0.1) is 37.5 Å². The lowest BCUT2D eigenvalue weighted by atomic mass is 9.82. The van der Waals surface area contributed by atoms with E-state index in [0.717, 1.165) is 6.29 Å². The first kappa shape index (κ1) is 14.5. The van der Waals surface area contributed by atoms with Gasteiger partial charge in [0, 0.05) is 6.20 Å². The number of hydrogen-bond donors (Lipinski definition) is 0. The Bertz CT molecular complexity index is 470. The maximum Gasteiger partial charge on any atom is 0.308 e. The van der Waals surface area contributed by atoms with Gasteiger partial charge < -0.3 is 14.2 Å². The van der Waals surface area contributed by atoms with Crippen LogP contribution in [-0.4, -0.2) is 43.7 Å². The summed E-state index contributed by atoms with van der Waals surface area (Å²) in [6.45, 7) is 0.748. The predicted molar refractivity (Wildman–Crippen MR) is 69.6 cm³/mol. The smallest absolute Gasteiger partial charge is 0.308 e. The number of rotatable bonds is 7. The third-order valence-corrected chi connectivity index (χ3v) is 3.27. The number of methoxy groups -OCH3 is 1. The molecule has 6 nitrogen and oxygen atoms in total. The standard InChI is InChI=1S/C14H17NO5/c1-18-14(17)11-6-12(7-11)19-4-5-20-13-8-15-3-2-10(13)9-16/h2-3,8-9,11-12H,4-7H2,1H3. The fraction of sp³-hybridized carbons (Fsp3) is 0.500. The van der Waals surface area contributed by atoms with Crippen LogP contribution in [0.2, 0.25) is 0 Å². The van der Waals surface area contributed by atoms with Gasteiger partial charge in [0.1, 0.15) is 12.4 Å². The summed E-state index contributed by atoms with van der Waals surface area (Å²) in [6.07, 6.45) is 5.24. The molecule has 0 aliphatic heterocycles. The van der Waals surface area contributed by atoms with Gasteiger partial charge in [-0.2, -0.15) is 0 Å². The lowest BCUT2D eigenvalue weighted by molar-refractivity contribution is -0.155. The number of nitrogens with zero attached hydrogens (tertiary/aromatic N) is 1. The Morgan fingerprint density at radius 1 is 1.45 bits per heavy atom. The summed E-state index contributed by atoms with van der Waals surface area (Å²) in [5.41, 5.74) is 0.467. The summed E-state index contributed by atoms with van der Waals surface area (Å²) < 4.78 is 15.6. The normalized spacial score (nSPS) is 20.9. The number of carbonyl (C=O) groups excluding carboxylic acids is 2. The van der Waals surface area contributed by atoms with Gasteiger partial charge in [-0.15, -0.1) is 0 Å². The molecule has 0 aromatic carbocycles. The van der Waals surface area contributed by atoms with Gasteiger partial charge in [0.15, 0.2) is 6.29 Å². The molecule has 0 unspecified atom stereocenters. The summed E-state index contributed by atoms with van der Waals surface area (Å²) in [5.74, 6) is 0.241. The van der Waals surface area contributed by atoms with Crippen LogP contribution in [0.1, 0.15) is 23.2 Å². The summed E-state index contributed by atoms with van der Waals surface area (Å²) in [4.78, 5) is 25.8. The van der Waals surface area contributed by atoms with Crippen molar-refractivity contribution < 1.29 is 23.8 Å². The molecule has 20 heavy (non-hydrogen) atoms. The van der Waals surface area contributed by atoms with E-state index in [4.69, 9.17) is 9.47 Å². The molecule has 0 saturated heterocycles. The van der Waals surface area contributed by atoms with Gasteiger partial charge in [-0.05, 0) is 18.9 Å². The van der Waals surface area contributed by atoms with Crippen molar-refractivity contribution in [1.82, 2.24) is 4.98 Å². The second-order valence-electron chi connectivity index (χ2n) is 4.56. The average molecular weight is 279 g/mol. The maximum atomic E-state index is 11.2. The summed E-state index contributed by atoms with van der Waals surface area (Å²) in [5, 5.41) is 0. The molecule has 0 atom stereocenters. The maximum absolute atomic E-state index is 11.2. The number of hydrogen-bond acceptors (Lipinski definition) is 6. The molecular formula is C14H17NO5. The number of pyridine rings is 1. The molecule has 1 fully saturated rings. The van der Waals surface area contributed by atoms with E-state index in [2.05, 4.69) is 9.72 Å². The van der Waals surface area contributed by atoms with Crippen LogP contribution in [0.3, 0.4) is 0 Å². The van der Waals surface area contributed by atoms with Crippen molar-refractivity contribution in [2.24, 2.45) is 5.92 Å². The van der Waals surface area contributed by atoms with E-state index < -0.39 is 0 Å². The molecule has 6 heteroatoms. The molecule has 0 spiro atoms. The Balaban J connectivity index is 1.63. The quantitative estimate of drug-likeness (QED) is 0.425. The molecule has 108 valence electrons. The van der Waals surface area contributed by atoms with Crippen LogP contribution in [0.4, 0.5) is 0 Å². The average Bonchev–Trinajstić information content (AvgIpc) is 2.44. The summed E-state index contributed by atoms with van der Waals surface area (Å²) in [7, 11) is 1.39. The monoisotopic (exact) mass is 279 g/mol. The van der Waals surface area contributed by atoms with E-state index in [1.165, 1.54) is 19.5 Å². The van der Waals surface area contributed by atoms with E-state index in [-0.39, 0.29) is 18.0 Å². The second-order valence-corrected chi connectivity index (χ2v) is 4.56. The lowest BCUT2D eigenvalue weighted by Gasteiger charge is -2.32. The number of ether oxygens (including phenoxy) is 3. The molecule has 0 bridgehead atoms. The summed E-state index contributed by atoms with van der Waals surface area (Å²) >= 11 is 0. The minimum atomic E-state index is -0.174. The zero-order valence-electron chi connectivity index (χ0n) is 11.3. The minimum Gasteiger partial charge on any atom is -0.489 e. The van der Waals surface area contributed by atoms with Gasteiger partial charge in [0.2, 0.25) is 0 Å². The molecule has 1 aliphatic carbocycles. The van der Waals surface area contributed by atoms with E-state index in [1.807, 2.05) is 0 Å². The van der Waals surface area contributed by atoms with Crippen LogP contribution in [0, 0.1) is 5.92 Å². The van der Waals surface area contributed by atoms with Crippen molar-refractivity contribution in [2.45, 2.75) is 18.9 Å². The number of esters is 1. The van der Waals surface area contributed by atoms with Crippen molar-refractivity contribution in [3.8, 4) is 5.75 Å². The molecule has 1 heterocycles. The molecule has 0 amide bonds. The molecule has 0 N–H and O–H groups in total. The molecule has 2 rings (SSSR count).